The zero-order valence-electron chi connectivity index (χ0n) is 6.39. The largest absolute Gasteiger partial charge is 0.242 e. The third-order valence-corrected chi connectivity index (χ3v) is 3.30. The minimum absolute atomic E-state index is 0.609. The average molecular weight is 203 g/mol. The zero-order valence-corrected chi connectivity index (χ0v) is 7.96. The van der Waals surface area contributed by atoms with Gasteiger partial charge < -0.3 is 0 Å². The summed E-state index contributed by atoms with van der Waals surface area (Å²) in [6, 6.07) is 5.44. The highest BCUT2D eigenvalue weighted by molar-refractivity contribution is 7.99. The molecule has 0 N–H and O–H groups in total. The van der Waals surface area contributed by atoms with Gasteiger partial charge in [-0.05, 0) is 24.6 Å². The number of hydrogen-bond donors (Lipinski definition) is 0. The molecule has 12 heavy (non-hydrogen) atoms. The molecule has 0 aliphatic carbocycles. The van der Waals surface area contributed by atoms with Crippen molar-refractivity contribution in [1.29, 1.82) is 0 Å². The first kappa shape index (κ1) is 8.39. The molecular weight excluding hydrogens is 195 g/mol. The molecule has 1 aromatic rings. The summed E-state index contributed by atoms with van der Waals surface area (Å²) in [7, 11) is 0. The summed E-state index contributed by atoms with van der Waals surface area (Å²) >= 11 is 7.47. The first-order valence-electron chi connectivity index (χ1n) is 3.83. The van der Waals surface area contributed by atoms with Crippen molar-refractivity contribution >= 4 is 23.4 Å². The maximum Gasteiger partial charge on any atom is 0.127 e. The van der Waals surface area contributed by atoms with Crippen LogP contribution in [0.15, 0.2) is 23.1 Å². The number of rotatable bonds is 0. The highest BCUT2D eigenvalue weighted by Gasteiger charge is 2.19. The predicted octanol–water partition coefficient (Wildman–Crippen LogP) is 3.85. The molecule has 1 aliphatic rings. The first-order chi connectivity index (χ1) is 5.77. The monoisotopic (exact) mass is 202 g/mol. The van der Waals surface area contributed by atoms with Crippen LogP contribution in [0.3, 0.4) is 0 Å². The Kier molecular flexibility index (Phi) is 2.28. The van der Waals surface area contributed by atoms with E-state index in [1.807, 2.05) is 12.1 Å². The van der Waals surface area contributed by atoms with Gasteiger partial charge in [-0.3, -0.25) is 0 Å². The average Bonchev–Trinajstić information content (AvgIpc) is 2.07. The van der Waals surface area contributed by atoms with Crippen LogP contribution in [0.2, 0.25) is 5.02 Å². The summed E-state index contributed by atoms with van der Waals surface area (Å²) < 4.78 is 13.3. The van der Waals surface area contributed by atoms with Crippen LogP contribution in [0, 0.1) is 0 Å². The predicted molar refractivity (Wildman–Crippen MR) is 50.6 cm³/mol. The van der Waals surface area contributed by atoms with Crippen LogP contribution in [-0.2, 0) is 0 Å². The Morgan fingerprint density at radius 1 is 1.50 bits per heavy atom. The maximum absolute atomic E-state index is 13.3. The fourth-order valence-corrected chi connectivity index (χ4v) is 2.57. The van der Waals surface area contributed by atoms with Gasteiger partial charge in [0, 0.05) is 21.2 Å². The summed E-state index contributed by atoms with van der Waals surface area (Å²) in [6.07, 6.45) is -0.210. The molecule has 1 aliphatic heterocycles. The molecular formula is C9H8ClFS. The summed E-state index contributed by atoms with van der Waals surface area (Å²) in [5.74, 6) is 0.871. The standard InChI is InChI=1S/C9H8ClFS/c10-6-1-2-9-7(5-6)8(11)3-4-12-9/h1-2,5,8H,3-4H2. The van der Waals surface area contributed by atoms with Crippen molar-refractivity contribution in [3.05, 3.63) is 28.8 Å². The molecule has 1 unspecified atom stereocenters. The Hall–Kier alpha value is -0.210. The Labute approximate surface area is 80.1 Å². The van der Waals surface area contributed by atoms with Gasteiger partial charge in [-0.15, -0.1) is 11.8 Å². The van der Waals surface area contributed by atoms with Gasteiger partial charge in [-0.25, -0.2) is 4.39 Å². The van der Waals surface area contributed by atoms with E-state index in [-0.39, 0.29) is 0 Å². The van der Waals surface area contributed by atoms with Crippen LogP contribution in [0.25, 0.3) is 0 Å². The molecule has 1 heterocycles. The van der Waals surface area contributed by atoms with Crippen molar-refractivity contribution in [1.82, 2.24) is 0 Å². The van der Waals surface area contributed by atoms with Crippen LogP contribution >= 0.6 is 23.4 Å². The van der Waals surface area contributed by atoms with Crippen molar-refractivity contribution in [3.63, 3.8) is 0 Å². The van der Waals surface area contributed by atoms with Gasteiger partial charge in [0.25, 0.3) is 0 Å². The van der Waals surface area contributed by atoms with Gasteiger partial charge in [-0.2, -0.15) is 0 Å². The third-order valence-electron chi connectivity index (χ3n) is 1.94. The van der Waals surface area contributed by atoms with Crippen molar-refractivity contribution in [2.24, 2.45) is 0 Å². The van der Waals surface area contributed by atoms with Crippen molar-refractivity contribution < 1.29 is 4.39 Å². The van der Waals surface area contributed by atoms with Gasteiger partial charge in [0.1, 0.15) is 6.17 Å². The summed E-state index contributed by atoms with van der Waals surface area (Å²) in [5, 5.41) is 0.624. The second-order valence-electron chi connectivity index (χ2n) is 2.79. The zero-order chi connectivity index (χ0) is 8.55. The summed E-state index contributed by atoms with van der Waals surface area (Å²) in [4.78, 5) is 1.04. The summed E-state index contributed by atoms with van der Waals surface area (Å²) in [6.45, 7) is 0. The van der Waals surface area contributed by atoms with E-state index < -0.39 is 6.17 Å². The SMILES string of the molecule is FC1CCSc2ccc(Cl)cc21. The van der Waals surface area contributed by atoms with Gasteiger partial charge in [-0.1, -0.05) is 11.6 Å². The molecule has 1 atom stereocenters. The molecule has 0 bridgehead atoms. The highest BCUT2D eigenvalue weighted by Crippen LogP contribution is 2.39. The van der Waals surface area contributed by atoms with E-state index in [1.165, 1.54) is 0 Å². The highest BCUT2D eigenvalue weighted by atomic mass is 35.5. The smallest absolute Gasteiger partial charge is 0.127 e. The minimum atomic E-state index is -0.819. The fourth-order valence-electron chi connectivity index (χ4n) is 1.32. The molecule has 0 saturated heterocycles. The lowest BCUT2D eigenvalue weighted by Gasteiger charge is -2.18. The van der Waals surface area contributed by atoms with Crippen molar-refractivity contribution in [3.8, 4) is 0 Å². The molecule has 0 amide bonds. The topological polar surface area (TPSA) is 0 Å². The number of benzene rings is 1. The molecule has 0 spiro atoms. The fraction of sp³-hybridized carbons (Fsp3) is 0.333. The van der Waals surface area contributed by atoms with Crippen molar-refractivity contribution in [2.45, 2.75) is 17.5 Å². The number of thioether (sulfide) groups is 1. The van der Waals surface area contributed by atoms with Gasteiger partial charge in [0.2, 0.25) is 0 Å². The lowest BCUT2D eigenvalue weighted by atomic mass is 10.1. The quantitative estimate of drug-likeness (QED) is 0.616. The van der Waals surface area contributed by atoms with Gasteiger partial charge in [0.15, 0.2) is 0 Å². The lowest BCUT2D eigenvalue weighted by Crippen LogP contribution is -2.02. The van der Waals surface area contributed by atoms with Crippen LogP contribution in [-0.4, -0.2) is 5.75 Å². The van der Waals surface area contributed by atoms with E-state index in [9.17, 15) is 4.39 Å². The second kappa shape index (κ2) is 3.27. The number of alkyl halides is 1. The van der Waals surface area contributed by atoms with Crippen LogP contribution < -0.4 is 0 Å². The summed E-state index contributed by atoms with van der Waals surface area (Å²) in [5.41, 5.74) is 0.763. The number of fused-ring (bicyclic) bond motifs is 1. The van der Waals surface area contributed by atoms with Crippen LogP contribution in [0.5, 0.6) is 0 Å². The molecule has 1 aromatic carbocycles. The third kappa shape index (κ3) is 1.46. The van der Waals surface area contributed by atoms with Gasteiger partial charge >= 0.3 is 0 Å². The van der Waals surface area contributed by atoms with E-state index in [0.29, 0.717) is 11.4 Å². The van der Waals surface area contributed by atoms with E-state index in [1.54, 1.807) is 17.8 Å². The Morgan fingerprint density at radius 3 is 3.17 bits per heavy atom. The Bertz CT molecular complexity index is 301. The van der Waals surface area contributed by atoms with E-state index in [0.717, 1.165) is 16.2 Å². The minimum Gasteiger partial charge on any atom is -0.242 e. The van der Waals surface area contributed by atoms with E-state index in [2.05, 4.69) is 0 Å². The molecule has 0 radical (unpaired) electrons. The lowest BCUT2D eigenvalue weighted by molar-refractivity contribution is 0.329. The molecule has 0 saturated carbocycles. The Balaban J connectivity index is 2.47. The molecule has 0 nitrogen and oxygen atoms in total. The molecule has 64 valence electrons. The second-order valence-corrected chi connectivity index (χ2v) is 4.36. The van der Waals surface area contributed by atoms with Gasteiger partial charge in [0.05, 0.1) is 0 Å². The molecule has 2 rings (SSSR count). The Morgan fingerprint density at radius 2 is 2.33 bits per heavy atom. The van der Waals surface area contributed by atoms with Crippen LogP contribution in [0.4, 0.5) is 4.39 Å². The van der Waals surface area contributed by atoms with E-state index >= 15 is 0 Å². The molecule has 3 heteroatoms. The maximum atomic E-state index is 13.3. The van der Waals surface area contributed by atoms with E-state index in [4.69, 9.17) is 11.6 Å². The van der Waals surface area contributed by atoms with Crippen LogP contribution in [0.1, 0.15) is 18.2 Å². The number of hydrogen-bond acceptors (Lipinski definition) is 1. The normalized spacial score (nSPS) is 22.0. The number of halogens is 2. The molecule has 0 aromatic heterocycles. The molecule has 0 fully saturated rings. The first-order valence-corrected chi connectivity index (χ1v) is 5.20. The van der Waals surface area contributed by atoms with Crippen molar-refractivity contribution in [2.75, 3.05) is 5.75 Å².